The van der Waals surface area contributed by atoms with E-state index >= 15 is 0 Å². The van der Waals surface area contributed by atoms with E-state index < -0.39 is 5.41 Å². The van der Waals surface area contributed by atoms with Crippen LogP contribution in [0, 0.1) is 0 Å². The summed E-state index contributed by atoms with van der Waals surface area (Å²) in [6.07, 6.45) is 0. The van der Waals surface area contributed by atoms with Gasteiger partial charge in [0.05, 0.1) is 22.1 Å². The Morgan fingerprint density at radius 1 is 0.268 bits per heavy atom. The van der Waals surface area contributed by atoms with Gasteiger partial charge >= 0.3 is 0 Å². The van der Waals surface area contributed by atoms with Crippen LogP contribution in [0.4, 0.5) is 17.1 Å². The van der Waals surface area contributed by atoms with Crippen molar-refractivity contribution >= 4 is 38.9 Å². The first-order valence-electron chi connectivity index (χ1n) is 28.2. The van der Waals surface area contributed by atoms with E-state index in [1.807, 2.05) is 0 Å². The molecule has 2 aliphatic rings. The van der Waals surface area contributed by atoms with E-state index in [0.717, 1.165) is 78.8 Å². The number of nitrogens with zero attached hydrogens (tertiary/aromatic N) is 2. The Morgan fingerprint density at radius 3 is 1.51 bits per heavy atom. The molecule has 0 atom stereocenters. The number of hydrogen-bond acceptors (Lipinski definition) is 2. The third kappa shape index (κ3) is 7.44. The number of benzene rings is 13. The van der Waals surface area contributed by atoms with Gasteiger partial charge in [-0.1, -0.05) is 243 Å². The predicted molar refractivity (Wildman–Crippen MR) is 340 cm³/mol. The second-order valence-electron chi connectivity index (χ2n) is 21.5. The molecule has 3 nitrogen and oxygen atoms in total. The first kappa shape index (κ1) is 47.3. The zero-order valence-corrected chi connectivity index (χ0v) is 44.8. The normalized spacial score (nSPS) is 12.6. The number of ether oxygens (including phenoxy) is 1. The van der Waals surface area contributed by atoms with Gasteiger partial charge in [0.1, 0.15) is 11.5 Å². The molecular formula is C79H52N2O. The highest BCUT2D eigenvalue weighted by atomic mass is 16.5. The van der Waals surface area contributed by atoms with Crippen LogP contribution >= 0.6 is 0 Å². The number of anilines is 3. The van der Waals surface area contributed by atoms with Crippen LogP contribution in [0.5, 0.6) is 11.5 Å². The van der Waals surface area contributed by atoms with Crippen molar-refractivity contribution in [2.24, 2.45) is 0 Å². The SMILES string of the molecule is c1ccc(-c2ccccc2-c2ccccc2-c2ccccc2N(c2ccc(-c3ccc4c(c3)C3(c5ccccc5Oc5ccccc53)c3ccccc3-4)cc2)c2cccc(-c3ccc4c5ccccc5n(-c5ccccc5)c4c3)c2)cc1. The van der Waals surface area contributed by atoms with E-state index in [4.69, 9.17) is 4.74 Å². The Bertz CT molecular complexity index is 4740. The van der Waals surface area contributed by atoms with Crippen LogP contribution in [0.3, 0.4) is 0 Å². The van der Waals surface area contributed by atoms with Gasteiger partial charge < -0.3 is 14.2 Å². The summed E-state index contributed by atoms with van der Waals surface area (Å²) in [6, 6.07) is 115. The van der Waals surface area contributed by atoms with E-state index in [0.29, 0.717) is 0 Å². The maximum Gasteiger partial charge on any atom is 0.132 e. The quantitative estimate of drug-likeness (QED) is 0.143. The molecule has 2 heterocycles. The standard InChI is InChI=1S/C79H52N2O/c1-3-22-54(23-4-1)61-28-7-8-29-62(61)63-30-9-10-31-64(63)67-33-12-17-38-74(67)80(60-27-21-24-55(50-60)57-45-49-69-68-34-13-18-39-75(68)81(76(69)52-57)58-25-5-2-6-26-58)59-46-42-53(43-47-59)56-44-48-66-65-32-11-14-35-70(65)79(73(66)51-56)71-36-15-19-40-77(71)82-78-41-20-16-37-72(78)79/h1-52H. The fourth-order valence-corrected chi connectivity index (χ4v) is 13.5. The van der Waals surface area contributed by atoms with Gasteiger partial charge in [-0.2, -0.15) is 0 Å². The molecule has 0 saturated heterocycles. The maximum atomic E-state index is 6.68. The summed E-state index contributed by atoms with van der Waals surface area (Å²) in [5, 5.41) is 2.47. The van der Waals surface area contributed by atoms with Gasteiger partial charge in [-0.25, -0.2) is 0 Å². The van der Waals surface area contributed by atoms with E-state index in [1.54, 1.807) is 0 Å². The molecular weight excluding hydrogens is 993 g/mol. The molecule has 0 unspecified atom stereocenters. The Morgan fingerprint density at radius 2 is 0.768 bits per heavy atom. The number of para-hydroxylation sites is 5. The zero-order chi connectivity index (χ0) is 54.1. The lowest BCUT2D eigenvalue weighted by atomic mass is 9.66. The Labute approximate surface area is 477 Å². The Kier molecular flexibility index (Phi) is 11.1. The maximum absolute atomic E-state index is 6.68. The second kappa shape index (κ2) is 19.3. The Balaban J connectivity index is 0.863. The number of rotatable bonds is 9. The molecule has 0 radical (unpaired) electrons. The fraction of sp³-hybridized carbons (Fsp3) is 0.0127. The van der Waals surface area contributed by atoms with Gasteiger partial charge in [0.25, 0.3) is 0 Å². The highest BCUT2D eigenvalue weighted by molar-refractivity contribution is 6.10. The van der Waals surface area contributed by atoms with Crippen molar-refractivity contribution < 1.29 is 4.74 Å². The first-order valence-corrected chi connectivity index (χ1v) is 28.2. The third-order valence-electron chi connectivity index (χ3n) is 17.1. The van der Waals surface area contributed by atoms with Crippen LogP contribution in [0.1, 0.15) is 22.3 Å². The van der Waals surface area contributed by atoms with Gasteiger partial charge in [0, 0.05) is 44.5 Å². The second-order valence-corrected chi connectivity index (χ2v) is 21.5. The van der Waals surface area contributed by atoms with Crippen molar-refractivity contribution in [2.75, 3.05) is 4.90 Å². The third-order valence-corrected chi connectivity index (χ3v) is 17.1. The summed E-state index contributed by atoms with van der Waals surface area (Å²) >= 11 is 0. The molecule has 14 aromatic rings. The van der Waals surface area contributed by atoms with Crippen LogP contribution in [-0.4, -0.2) is 4.57 Å². The molecule has 1 aromatic heterocycles. The monoisotopic (exact) mass is 1040 g/mol. The number of hydrogen-bond donors (Lipinski definition) is 0. The van der Waals surface area contributed by atoms with E-state index in [9.17, 15) is 0 Å². The lowest BCUT2D eigenvalue weighted by molar-refractivity contribution is 0.436. The summed E-state index contributed by atoms with van der Waals surface area (Å²) in [4.78, 5) is 2.45. The molecule has 1 spiro atoms. The van der Waals surface area contributed by atoms with E-state index in [2.05, 4.69) is 325 Å². The van der Waals surface area contributed by atoms with Crippen LogP contribution < -0.4 is 9.64 Å². The number of fused-ring (bicyclic) bond motifs is 12. The minimum absolute atomic E-state index is 0.556. The number of aromatic nitrogens is 1. The molecule has 0 amide bonds. The smallest absolute Gasteiger partial charge is 0.132 e. The summed E-state index contributed by atoms with van der Waals surface area (Å²) < 4.78 is 9.08. The minimum Gasteiger partial charge on any atom is -0.457 e. The zero-order valence-electron chi connectivity index (χ0n) is 44.8. The van der Waals surface area contributed by atoms with Crippen molar-refractivity contribution in [1.82, 2.24) is 4.57 Å². The van der Waals surface area contributed by atoms with Crippen molar-refractivity contribution in [1.29, 1.82) is 0 Å². The summed E-state index contributed by atoms with van der Waals surface area (Å²) in [7, 11) is 0. The van der Waals surface area contributed by atoms with Gasteiger partial charge in [-0.3, -0.25) is 0 Å². The molecule has 16 rings (SSSR count). The van der Waals surface area contributed by atoms with Crippen molar-refractivity contribution in [3.63, 3.8) is 0 Å². The average molecular weight is 1050 g/mol. The molecule has 3 heteroatoms. The highest BCUT2D eigenvalue weighted by Crippen LogP contribution is 2.62. The lowest BCUT2D eigenvalue weighted by Gasteiger charge is -2.39. The summed E-state index contributed by atoms with van der Waals surface area (Å²) in [5.74, 6) is 1.78. The van der Waals surface area contributed by atoms with Crippen LogP contribution in [-0.2, 0) is 5.41 Å². The van der Waals surface area contributed by atoms with Crippen molar-refractivity contribution in [2.45, 2.75) is 5.41 Å². The van der Waals surface area contributed by atoms with E-state index in [1.165, 1.54) is 66.3 Å². The highest BCUT2D eigenvalue weighted by Gasteiger charge is 2.51. The van der Waals surface area contributed by atoms with Crippen molar-refractivity contribution in [3.05, 3.63) is 338 Å². The van der Waals surface area contributed by atoms with Gasteiger partial charge in [0.15, 0.2) is 0 Å². The lowest BCUT2D eigenvalue weighted by Crippen LogP contribution is -2.32. The van der Waals surface area contributed by atoms with Crippen molar-refractivity contribution in [3.8, 4) is 83.9 Å². The molecule has 384 valence electrons. The van der Waals surface area contributed by atoms with Gasteiger partial charge in [-0.15, -0.1) is 0 Å². The average Bonchev–Trinajstić information content (AvgIpc) is 2.45. The van der Waals surface area contributed by atoms with Gasteiger partial charge in [-0.05, 0) is 145 Å². The van der Waals surface area contributed by atoms with E-state index in [-0.39, 0.29) is 0 Å². The summed E-state index contributed by atoms with van der Waals surface area (Å²) in [5.41, 5.74) is 25.1. The predicted octanol–water partition coefficient (Wildman–Crippen LogP) is 21.1. The van der Waals surface area contributed by atoms with Crippen LogP contribution in [0.25, 0.3) is 94.3 Å². The molecule has 0 bridgehead atoms. The molecule has 1 aliphatic carbocycles. The van der Waals surface area contributed by atoms with Crippen LogP contribution in [0.15, 0.2) is 315 Å². The van der Waals surface area contributed by atoms with Crippen LogP contribution in [0.2, 0.25) is 0 Å². The molecule has 0 fully saturated rings. The first-order chi connectivity index (χ1) is 40.7. The topological polar surface area (TPSA) is 17.4 Å². The largest absolute Gasteiger partial charge is 0.457 e. The molecule has 0 N–H and O–H groups in total. The summed E-state index contributed by atoms with van der Waals surface area (Å²) in [6.45, 7) is 0. The molecule has 82 heavy (non-hydrogen) atoms. The Hall–Kier alpha value is -10.7. The molecule has 1 aliphatic heterocycles. The molecule has 13 aromatic carbocycles. The molecule has 0 saturated carbocycles. The fourth-order valence-electron chi connectivity index (χ4n) is 13.5. The van der Waals surface area contributed by atoms with Gasteiger partial charge in [0.2, 0.25) is 0 Å². The minimum atomic E-state index is -0.556.